The number of benzene rings is 2. The van der Waals surface area contributed by atoms with Gasteiger partial charge in [0.25, 0.3) is 0 Å². The summed E-state index contributed by atoms with van der Waals surface area (Å²) in [5.74, 6) is 1.12. The Bertz CT molecular complexity index is 896. The van der Waals surface area contributed by atoms with Gasteiger partial charge in [-0.2, -0.15) is 13.2 Å². The first-order chi connectivity index (χ1) is 14.8. The maximum absolute atomic E-state index is 13.4. The molecule has 0 spiro atoms. The maximum Gasteiger partial charge on any atom is 0.416 e. The molecular weight excluding hydrogens is 409 g/mol. The molecule has 0 unspecified atom stereocenters. The van der Waals surface area contributed by atoms with Gasteiger partial charge in [-0.05, 0) is 42.2 Å². The minimum Gasteiger partial charge on any atom is -0.493 e. The minimum atomic E-state index is -4.46. The number of nitrogens with one attached hydrogen (secondary N) is 1. The second-order valence-electron chi connectivity index (χ2n) is 7.57. The zero-order chi connectivity index (χ0) is 22.4. The molecule has 1 aliphatic carbocycles. The van der Waals surface area contributed by atoms with Crippen LogP contribution < -0.4 is 14.8 Å². The Balaban J connectivity index is 1.76. The van der Waals surface area contributed by atoms with Crippen LogP contribution in [0.15, 0.2) is 42.5 Å². The summed E-state index contributed by atoms with van der Waals surface area (Å²) in [5, 5.41) is 2.85. The van der Waals surface area contributed by atoms with E-state index in [-0.39, 0.29) is 30.7 Å². The molecule has 0 bridgehead atoms. The molecule has 0 aliphatic heterocycles. The Morgan fingerprint density at radius 2 is 1.74 bits per heavy atom. The lowest BCUT2D eigenvalue weighted by atomic mass is 10.1. The highest BCUT2D eigenvalue weighted by Crippen LogP contribution is 2.34. The summed E-state index contributed by atoms with van der Waals surface area (Å²) in [6.07, 6.45) is -0.958. The van der Waals surface area contributed by atoms with Crippen LogP contribution in [0.1, 0.15) is 42.4 Å². The summed E-state index contributed by atoms with van der Waals surface area (Å²) in [6, 6.07) is 10.3. The van der Waals surface area contributed by atoms with E-state index in [9.17, 15) is 18.0 Å². The fourth-order valence-electron chi connectivity index (χ4n) is 3.97. The fourth-order valence-corrected chi connectivity index (χ4v) is 3.97. The predicted molar refractivity (Wildman–Crippen MR) is 111 cm³/mol. The van der Waals surface area contributed by atoms with Crippen molar-refractivity contribution in [1.29, 1.82) is 0 Å². The normalized spacial score (nSPS) is 14.4. The van der Waals surface area contributed by atoms with E-state index < -0.39 is 11.7 Å². The average molecular weight is 436 g/mol. The van der Waals surface area contributed by atoms with Gasteiger partial charge in [0.1, 0.15) is 0 Å². The van der Waals surface area contributed by atoms with Crippen LogP contribution in [0, 0.1) is 0 Å². The predicted octanol–water partition coefficient (Wildman–Crippen LogP) is 5.38. The number of urea groups is 1. The number of carbonyl (C=O) groups excluding carboxylic acids is 1. The molecule has 1 aliphatic rings. The summed E-state index contributed by atoms with van der Waals surface area (Å²) >= 11 is 0. The number of rotatable bonds is 7. The quantitative estimate of drug-likeness (QED) is 0.634. The maximum atomic E-state index is 13.4. The van der Waals surface area contributed by atoms with Gasteiger partial charge >= 0.3 is 12.2 Å². The number of halogens is 3. The van der Waals surface area contributed by atoms with Crippen LogP contribution in [-0.2, 0) is 19.3 Å². The number of alkyl halides is 3. The third-order valence-electron chi connectivity index (χ3n) is 5.58. The standard InChI is InChI=1S/C23H27F3N2O3/c1-30-20-12-11-16(13-21(20)31-2)14-27-22(29)28(18-8-4-5-9-18)15-17-7-3-6-10-19(17)23(24,25)26/h3,6-7,10-13,18H,4-5,8-9,14-15H2,1-2H3,(H,27,29). The topological polar surface area (TPSA) is 50.8 Å². The van der Waals surface area contributed by atoms with E-state index in [0.717, 1.165) is 37.3 Å². The van der Waals surface area contributed by atoms with Crippen molar-refractivity contribution in [1.82, 2.24) is 10.2 Å². The summed E-state index contributed by atoms with van der Waals surface area (Å²) in [6.45, 7) is 0.140. The van der Waals surface area contributed by atoms with Crippen molar-refractivity contribution in [2.24, 2.45) is 0 Å². The second-order valence-corrected chi connectivity index (χ2v) is 7.57. The van der Waals surface area contributed by atoms with Gasteiger partial charge in [0.15, 0.2) is 11.5 Å². The van der Waals surface area contributed by atoms with Gasteiger partial charge < -0.3 is 19.7 Å². The van der Waals surface area contributed by atoms with E-state index in [4.69, 9.17) is 9.47 Å². The minimum absolute atomic E-state index is 0.0771. The first-order valence-electron chi connectivity index (χ1n) is 10.2. The fraction of sp³-hybridized carbons (Fsp3) is 0.435. The Labute approximate surface area is 180 Å². The highest BCUT2D eigenvalue weighted by Gasteiger charge is 2.35. The van der Waals surface area contributed by atoms with Crippen LogP contribution in [0.5, 0.6) is 11.5 Å². The highest BCUT2D eigenvalue weighted by molar-refractivity contribution is 5.74. The molecule has 0 heterocycles. The SMILES string of the molecule is COc1ccc(CNC(=O)N(Cc2ccccc2C(F)(F)F)C2CCCC2)cc1OC. The molecule has 0 saturated heterocycles. The molecule has 31 heavy (non-hydrogen) atoms. The van der Waals surface area contributed by atoms with E-state index >= 15 is 0 Å². The van der Waals surface area contributed by atoms with Gasteiger partial charge in [-0.25, -0.2) is 4.79 Å². The highest BCUT2D eigenvalue weighted by atomic mass is 19.4. The van der Waals surface area contributed by atoms with Crippen molar-refractivity contribution < 1.29 is 27.4 Å². The zero-order valence-electron chi connectivity index (χ0n) is 17.7. The van der Waals surface area contributed by atoms with Gasteiger partial charge in [-0.3, -0.25) is 0 Å². The summed E-state index contributed by atoms with van der Waals surface area (Å²) in [7, 11) is 3.07. The molecular formula is C23H27F3N2O3. The number of carbonyl (C=O) groups is 1. The lowest BCUT2D eigenvalue weighted by Crippen LogP contribution is -2.44. The monoisotopic (exact) mass is 436 g/mol. The number of methoxy groups -OCH3 is 2. The molecule has 2 amide bonds. The Hall–Kier alpha value is -2.90. The smallest absolute Gasteiger partial charge is 0.416 e. The van der Waals surface area contributed by atoms with Gasteiger partial charge in [0.05, 0.1) is 19.8 Å². The molecule has 1 saturated carbocycles. The molecule has 5 nitrogen and oxygen atoms in total. The Kier molecular flexibility index (Phi) is 7.30. The van der Waals surface area contributed by atoms with Crippen molar-refractivity contribution >= 4 is 6.03 Å². The molecule has 1 fully saturated rings. The van der Waals surface area contributed by atoms with Gasteiger partial charge in [-0.15, -0.1) is 0 Å². The molecule has 168 valence electrons. The van der Waals surface area contributed by atoms with E-state index in [2.05, 4.69) is 5.32 Å². The second kappa shape index (κ2) is 9.94. The van der Waals surface area contributed by atoms with Crippen LogP contribution in [0.25, 0.3) is 0 Å². The number of amides is 2. The van der Waals surface area contributed by atoms with Gasteiger partial charge in [0.2, 0.25) is 0 Å². The largest absolute Gasteiger partial charge is 0.493 e. The molecule has 3 rings (SSSR count). The third-order valence-corrected chi connectivity index (χ3v) is 5.58. The molecule has 0 aromatic heterocycles. The third kappa shape index (κ3) is 5.62. The number of hydrogen-bond acceptors (Lipinski definition) is 3. The molecule has 8 heteroatoms. The first kappa shape index (κ1) is 22.8. The Morgan fingerprint density at radius 3 is 2.39 bits per heavy atom. The van der Waals surface area contributed by atoms with E-state index in [1.165, 1.54) is 26.4 Å². The molecule has 2 aromatic carbocycles. The summed E-state index contributed by atoms with van der Waals surface area (Å²) in [5.41, 5.74) is 0.196. The molecule has 0 radical (unpaired) electrons. The van der Waals surface area contributed by atoms with Crippen molar-refractivity contribution in [3.63, 3.8) is 0 Å². The van der Waals surface area contributed by atoms with Crippen LogP contribution in [0.4, 0.5) is 18.0 Å². The summed E-state index contributed by atoms with van der Waals surface area (Å²) in [4.78, 5) is 14.6. The lowest BCUT2D eigenvalue weighted by molar-refractivity contribution is -0.138. The molecule has 0 atom stereocenters. The molecule has 1 N–H and O–H groups in total. The number of ether oxygens (including phenoxy) is 2. The lowest BCUT2D eigenvalue weighted by Gasteiger charge is -2.30. The van der Waals surface area contributed by atoms with Crippen molar-refractivity contribution in [2.45, 2.75) is 51.0 Å². The zero-order valence-corrected chi connectivity index (χ0v) is 17.7. The van der Waals surface area contributed by atoms with Gasteiger partial charge in [0, 0.05) is 19.1 Å². The van der Waals surface area contributed by atoms with Crippen molar-refractivity contribution in [2.75, 3.05) is 14.2 Å². The van der Waals surface area contributed by atoms with Crippen molar-refractivity contribution in [3.8, 4) is 11.5 Å². The van der Waals surface area contributed by atoms with Crippen molar-refractivity contribution in [3.05, 3.63) is 59.2 Å². The first-order valence-corrected chi connectivity index (χ1v) is 10.2. The van der Waals surface area contributed by atoms with Crippen LogP contribution in [0.2, 0.25) is 0 Å². The van der Waals surface area contributed by atoms with Crippen LogP contribution >= 0.6 is 0 Å². The van der Waals surface area contributed by atoms with E-state index in [0.29, 0.717) is 11.5 Å². The molecule has 2 aromatic rings. The van der Waals surface area contributed by atoms with E-state index in [1.807, 2.05) is 0 Å². The average Bonchev–Trinajstić information content (AvgIpc) is 3.29. The van der Waals surface area contributed by atoms with Crippen LogP contribution in [0.3, 0.4) is 0 Å². The Morgan fingerprint density at radius 1 is 1.06 bits per heavy atom. The number of hydrogen-bond donors (Lipinski definition) is 1. The van der Waals surface area contributed by atoms with Gasteiger partial charge in [-0.1, -0.05) is 37.1 Å². The summed E-state index contributed by atoms with van der Waals surface area (Å²) < 4.78 is 50.8. The van der Waals surface area contributed by atoms with E-state index in [1.54, 1.807) is 29.2 Å². The van der Waals surface area contributed by atoms with Crippen LogP contribution in [-0.4, -0.2) is 31.2 Å². The number of nitrogens with zero attached hydrogens (tertiary/aromatic N) is 1.